The molecule has 6 aliphatic heterocycles. The lowest BCUT2D eigenvalue weighted by molar-refractivity contribution is 0.460. The summed E-state index contributed by atoms with van der Waals surface area (Å²) in [5.41, 5.74) is 6.95. The minimum atomic E-state index is -2.06. The van der Waals surface area contributed by atoms with Gasteiger partial charge in [0.05, 0.1) is 0 Å². The molecule has 6 heterocycles. The first-order valence-electron chi connectivity index (χ1n) is 18.4. The summed E-state index contributed by atoms with van der Waals surface area (Å²) in [7, 11) is -4.12. The van der Waals surface area contributed by atoms with E-state index >= 15 is 0 Å². The molecule has 0 aromatic heterocycles. The molecule has 0 saturated heterocycles. The maximum Gasteiger partial charge on any atom is 0.157 e. The monoisotopic (exact) mass is 726 g/mol. The van der Waals surface area contributed by atoms with Gasteiger partial charge in [-0.05, 0) is 84.9 Å². The van der Waals surface area contributed by atoms with Crippen LogP contribution >= 0.6 is 0 Å². The van der Waals surface area contributed by atoms with Crippen LogP contribution in [0.3, 0.4) is 0 Å². The average molecular weight is 727 g/mol. The van der Waals surface area contributed by atoms with Crippen molar-refractivity contribution in [1.29, 1.82) is 0 Å². The minimum Gasteiger partial charge on any atom is -0.457 e. The van der Waals surface area contributed by atoms with Gasteiger partial charge < -0.3 is 28.7 Å². The van der Waals surface area contributed by atoms with Crippen molar-refractivity contribution in [3.8, 4) is 46.0 Å². The van der Waals surface area contributed by atoms with Crippen LogP contribution in [0.15, 0.2) is 146 Å². The summed E-state index contributed by atoms with van der Waals surface area (Å²) in [6.45, 7) is 0. The van der Waals surface area contributed by atoms with Gasteiger partial charge in [-0.2, -0.15) is 0 Å². The Morgan fingerprint density at radius 3 is 1.04 bits per heavy atom. The van der Waals surface area contributed by atoms with E-state index in [0.717, 1.165) is 68.1 Å². The Hall–Kier alpha value is -6.75. The summed E-state index contributed by atoms with van der Waals surface area (Å²) < 4.78 is 28.3. The van der Waals surface area contributed by atoms with Gasteiger partial charge in [-0.25, -0.2) is 0 Å². The lowest BCUT2D eigenvalue weighted by Gasteiger charge is -2.44. The standard InChI is InChI=1S/C46H26N2O4Si2/c1-3-11-25(12-4-1)47-29-15-7-19-33-41(29)53-43-31(47)17-9-21-35(43)51-39-27-24-38-46-40(28(27)23-37(49-33)45(39)53)52-36-22-10-18-32-44(36)54(46)42-30(16-8-20-34(42)50-38)48(32)26-13-5-2-6-14-26/h1-24,53-54H. The Morgan fingerprint density at radius 1 is 0.315 bits per heavy atom. The van der Waals surface area contributed by atoms with Gasteiger partial charge in [-0.15, -0.1) is 0 Å². The highest BCUT2D eigenvalue weighted by molar-refractivity contribution is 7.02. The van der Waals surface area contributed by atoms with E-state index in [9.17, 15) is 0 Å². The van der Waals surface area contributed by atoms with Gasteiger partial charge in [0.2, 0.25) is 0 Å². The van der Waals surface area contributed by atoms with Gasteiger partial charge >= 0.3 is 0 Å². The highest BCUT2D eigenvalue weighted by Gasteiger charge is 2.49. The maximum absolute atomic E-state index is 7.13. The van der Waals surface area contributed by atoms with Crippen molar-refractivity contribution in [2.45, 2.75) is 0 Å². The van der Waals surface area contributed by atoms with Crippen LogP contribution in [0.5, 0.6) is 46.0 Å². The zero-order valence-corrected chi connectivity index (χ0v) is 30.8. The number of fused-ring (bicyclic) bond motifs is 3. The molecule has 2 unspecified atom stereocenters. The summed E-state index contributed by atoms with van der Waals surface area (Å²) in [6.07, 6.45) is 0. The maximum atomic E-state index is 7.13. The fraction of sp³-hybridized carbons (Fsp3) is 0. The lowest BCUT2D eigenvalue weighted by atomic mass is 10.1. The normalized spacial score (nSPS) is 17.4. The summed E-state index contributed by atoms with van der Waals surface area (Å²) in [5, 5.41) is 9.55. The first kappa shape index (κ1) is 27.8. The molecule has 8 aromatic rings. The van der Waals surface area contributed by atoms with Crippen LogP contribution in [0, 0.1) is 0 Å². The fourth-order valence-corrected chi connectivity index (χ4v) is 17.5. The zero-order valence-electron chi connectivity index (χ0n) is 28.5. The van der Waals surface area contributed by atoms with Gasteiger partial charge in [0.1, 0.15) is 46.0 Å². The van der Waals surface area contributed by atoms with E-state index in [0.29, 0.717) is 0 Å². The lowest BCUT2D eigenvalue weighted by Crippen LogP contribution is -2.62. The molecule has 0 radical (unpaired) electrons. The van der Waals surface area contributed by atoms with Crippen molar-refractivity contribution < 1.29 is 18.9 Å². The summed E-state index contributed by atoms with van der Waals surface area (Å²) in [6, 6.07) is 51.7. The third-order valence-corrected chi connectivity index (χ3v) is 19.0. The number of rotatable bonds is 2. The Kier molecular flexibility index (Phi) is 4.96. The van der Waals surface area contributed by atoms with Crippen molar-refractivity contribution in [3.63, 3.8) is 0 Å². The molecule has 14 rings (SSSR count). The number of anilines is 6. The van der Waals surface area contributed by atoms with Crippen molar-refractivity contribution in [2.24, 2.45) is 0 Å². The molecule has 6 aliphatic rings. The number of ether oxygens (including phenoxy) is 4. The molecule has 252 valence electrons. The second kappa shape index (κ2) is 9.62. The van der Waals surface area contributed by atoms with Crippen LogP contribution in [0.25, 0.3) is 10.8 Å². The number of hydrogen-bond acceptors (Lipinski definition) is 6. The molecule has 2 atom stereocenters. The second-order valence-electron chi connectivity index (χ2n) is 14.7. The summed E-state index contributed by atoms with van der Waals surface area (Å²) in [4.78, 5) is 4.75. The van der Waals surface area contributed by atoms with Crippen LogP contribution in [-0.4, -0.2) is 17.6 Å². The molecule has 0 amide bonds. The Bertz CT molecular complexity index is 2800. The third kappa shape index (κ3) is 3.25. The number of nitrogens with zero attached hydrogens (tertiary/aromatic N) is 2. The molecule has 0 N–H and O–H groups in total. The van der Waals surface area contributed by atoms with E-state index in [1.54, 1.807) is 0 Å². The molecule has 0 bridgehead atoms. The molecule has 8 heteroatoms. The van der Waals surface area contributed by atoms with E-state index < -0.39 is 17.6 Å². The van der Waals surface area contributed by atoms with Crippen LogP contribution < -0.4 is 59.9 Å². The predicted octanol–water partition coefficient (Wildman–Crippen LogP) is 7.33. The molecule has 8 aromatic carbocycles. The highest BCUT2D eigenvalue weighted by atomic mass is 28.3. The Labute approximate surface area is 312 Å². The van der Waals surface area contributed by atoms with E-state index in [2.05, 4.69) is 155 Å². The molecule has 0 spiro atoms. The molecule has 0 saturated carbocycles. The number of para-hydroxylation sites is 2. The largest absolute Gasteiger partial charge is 0.457 e. The quantitative estimate of drug-likeness (QED) is 0.174. The van der Waals surface area contributed by atoms with Gasteiger partial charge in [0.25, 0.3) is 0 Å². The number of hydrogen-bond donors (Lipinski definition) is 0. The zero-order chi connectivity index (χ0) is 34.8. The molecule has 0 aliphatic carbocycles. The minimum absolute atomic E-state index is 0.864. The van der Waals surface area contributed by atoms with Crippen molar-refractivity contribution in [2.75, 3.05) is 9.80 Å². The Morgan fingerprint density at radius 2 is 0.667 bits per heavy atom. The SMILES string of the molecule is c1ccc(N2c3cccc4c3[SiH]3c5c(cccc52)Oc2c3c(cc3c5c6c(cc23)Oc2cccc3c2[SiH]6c2c(cccc2N3c2ccccc2)O5)O4)cc1. The highest BCUT2D eigenvalue weighted by Crippen LogP contribution is 2.52. The molecule has 54 heavy (non-hydrogen) atoms. The van der Waals surface area contributed by atoms with Crippen LogP contribution in [0.4, 0.5) is 34.1 Å². The van der Waals surface area contributed by atoms with Gasteiger partial charge in [0.15, 0.2) is 17.6 Å². The summed E-state index contributed by atoms with van der Waals surface area (Å²) in [5.74, 6) is 7.15. The van der Waals surface area contributed by atoms with E-state index in [1.807, 2.05) is 0 Å². The smallest absolute Gasteiger partial charge is 0.157 e. The third-order valence-electron chi connectivity index (χ3n) is 12.1. The van der Waals surface area contributed by atoms with E-state index in [4.69, 9.17) is 18.9 Å². The number of benzene rings is 8. The van der Waals surface area contributed by atoms with E-state index in [1.165, 1.54) is 53.9 Å². The fourth-order valence-electron chi connectivity index (χ4n) is 10.1. The molecule has 6 nitrogen and oxygen atoms in total. The Balaban J connectivity index is 1.04. The molecular formula is C46H26N2O4Si2. The van der Waals surface area contributed by atoms with Crippen molar-refractivity contribution in [3.05, 3.63) is 146 Å². The van der Waals surface area contributed by atoms with Crippen LogP contribution in [0.1, 0.15) is 0 Å². The van der Waals surface area contributed by atoms with Gasteiger partial charge in [0, 0.05) is 76.0 Å². The van der Waals surface area contributed by atoms with Gasteiger partial charge in [-0.3, -0.25) is 0 Å². The van der Waals surface area contributed by atoms with E-state index in [-0.39, 0.29) is 0 Å². The van der Waals surface area contributed by atoms with Gasteiger partial charge in [-0.1, -0.05) is 60.7 Å². The molecule has 0 fully saturated rings. The summed E-state index contributed by atoms with van der Waals surface area (Å²) >= 11 is 0. The van der Waals surface area contributed by atoms with Crippen LogP contribution in [-0.2, 0) is 0 Å². The van der Waals surface area contributed by atoms with Crippen molar-refractivity contribution in [1.82, 2.24) is 0 Å². The first-order valence-corrected chi connectivity index (χ1v) is 21.9. The predicted molar refractivity (Wildman–Crippen MR) is 219 cm³/mol. The van der Waals surface area contributed by atoms with Crippen LogP contribution in [0.2, 0.25) is 0 Å². The van der Waals surface area contributed by atoms with Crippen molar-refractivity contribution >= 4 is 93.6 Å². The molecular weight excluding hydrogens is 701 g/mol. The topological polar surface area (TPSA) is 43.4 Å². The average Bonchev–Trinajstić information content (AvgIpc) is 3.22. The second-order valence-corrected chi connectivity index (χ2v) is 19.9. The first-order chi connectivity index (χ1) is 26.8.